The molecule has 3 rings (SSSR count). The van der Waals surface area contributed by atoms with Crippen LogP contribution in [0.2, 0.25) is 0 Å². The summed E-state index contributed by atoms with van der Waals surface area (Å²) in [6.45, 7) is 2.25. The first-order valence-corrected chi connectivity index (χ1v) is 7.69. The van der Waals surface area contributed by atoms with Gasteiger partial charge in [0.1, 0.15) is 11.3 Å². The SMILES string of the molecule is CCOC(=O)C1CCC(n2cnc3c(N)c(F)ccc32)CC1. The zero-order valence-electron chi connectivity index (χ0n) is 12.6. The van der Waals surface area contributed by atoms with Crippen molar-refractivity contribution >= 4 is 22.7 Å². The van der Waals surface area contributed by atoms with E-state index in [1.807, 2.05) is 11.5 Å². The molecule has 0 saturated heterocycles. The van der Waals surface area contributed by atoms with Crippen molar-refractivity contribution in [3.8, 4) is 0 Å². The second-order valence-corrected chi connectivity index (χ2v) is 5.74. The van der Waals surface area contributed by atoms with Crippen LogP contribution in [0, 0.1) is 11.7 Å². The Labute approximate surface area is 128 Å². The van der Waals surface area contributed by atoms with Gasteiger partial charge in [0, 0.05) is 6.04 Å². The maximum absolute atomic E-state index is 13.5. The summed E-state index contributed by atoms with van der Waals surface area (Å²) in [5.74, 6) is -0.542. The predicted octanol–water partition coefficient (Wildman–Crippen LogP) is 3.05. The summed E-state index contributed by atoms with van der Waals surface area (Å²) in [4.78, 5) is 16.0. The molecule has 1 aliphatic rings. The van der Waals surface area contributed by atoms with E-state index in [1.165, 1.54) is 6.07 Å². The molecular weight excluding hydrogens is 285 g/mol. The van der Waals surface area contributed by atoms with Gasteiger partial charge in [-0.05, 0) is 44.7 Å². The largest absolute Gasteiger partial charge is 0.466 e. The first-order chi connectivity index (χ1) is 10.6. The highest BCUT2D eigenvalue weighted by Crippen LogP contribution is 2.35. The van der Waals surface area contributed by atoms with Crippen molar-refractivity contribution < 1.29 is 13.9 Å². The first-order valence-electron chi connectivity index (χ1n) is 7.69. The van der Waals surface area contributed by atoms with Crippen molar-refractivity contribution in [2.75, 3.05) is 12.3 Å². The lowest BCUT2D eigenvalue weighted by molar-refractivity contribution is -0.149. The van der Waals surface area contributed by atoms with Crippen LogP contribution in [-0.4, -0.2) is 22.1 Å². The van der Waals surface area contributed by atoms with Gasteiger partial charge in [0.25, 0.3) is 0 Å². The second kappa shape index (κ2) is 5.94. The number of benzene rings is 1. The van der Waals surface area contributed by atoms with Crippen molar-refractivity contribution in [3.63, 3.8) is 0 Å². The smallest absolute Gasteiger partial charge is 0.308 e. The van der Waals surface area contributed by atoms with E-state index in [-0.39, 0.29) is 23.6 Å². The highest BCUT2D eigenvalue weighted by Gasteiger charge is 2.28. The summed E-state index contributed by atoms with van der Waals surface area (Å²) in [5.41, 5.74) is 7.19. The second-order valence-electron chi connectivity index (χ2n) is 5.74. The molecular formula is C16H20FN3O2. The lowest BCUT2D eigenvalue weighted by atomic mass is 9.86. The molecule has 0 aliphatic heterocycles. The third-order valence-electron chi connectivity index (χ3n) is 4.44. The van der Waals surface area contributed by atoms with Gasteiger partial charge in [0.05, 0.1) is 30.1 Å². The quantitative estimate of drug-likeness (QED) is 0.699. The van der Waals surface area contributed by atoms with E-state index in [2.05, 4.69) is 4.98 Å². The van der Waals surface area contributed by atoms with Crippen molar-refractivity contribution in [1.29, 1.82) is 0 Å². The van der Waals surface area contributed by atoms with Crippen molar-refractivity contribution in [2.24, 2.45) is 5.92 Å². The van der Waals surface area contributed by atoms with Gasteiger partial charge in [-0.3, -0.25) is 4.79 Å². The van der Waals surface area contributed by atoms with E-state index in [1.54, 1.807) is 12.4 Å². The highest BCUT2D eigenvalue weighted by atomic mass is 19.1. The van der Waals surface area contributed by atoms with Crippen LogP contribution in [0.4, 0.5) is 10.1 Å². The molecule has 0 bridgehead atoms. The minimum Gasteiger partial charge on any atom is -0.466 e. The number of esters is 1. The number of hydrogen-bond donors (Lipinski definition) is 1. The van der Waals surface area contributed by atoms with Crippen molar-refractivity contribution in [2.45, 2.75) is 38.6 Å². The number of halogens is 1. The molecule has 1 heterocycles. The lowest BCUT2D eigenvalue weighted by Gasteiger charge is -2.28. The molecule has 0 amide bonds. The van der Waals surface area contributed by atoms with Crippen LogP contribution >= 0.6 is 0 Å². The molecule has 6 heteroatoms. The Hall–Kier alpha value is -2.11. The number of anilines is 1. The number of nitrogens with zero attached hydrogens (tertiary/aromatic N) is 2. The molecule has 0 unspecified atom stereocenters. The third-order valence-corrected chi connectivity index (χ3v) is 4.44. The number of rotatable bonds is 3. The predicted molar refractivity (Wildman–Crippen MR) is 81.7 cm³/mol. The van der Waals surface area contributed by atoms with Crippen molar-refractivity contribution in [1.82, 2.24) is 9.55 Å². The van der Waals surface area contributed by atoms with E-state index in [9.17, 15) is 9.18 Å². The van der Waals surface area contributed by atoms with Gasteiger partial charge in [-0.1, -0.05) is 0 Å². The summed E-state index contributed by atoms with van der Waals surface area (Å²) in [6, 6.07) is 3.35. The van der Waals surface area contributed by atoms with Gasteiger partial charge in [-0.25, -0.2) is 9.37 Å². The van der Waals surface area contributed by atoms with E-state index < -0.39 is 5.82 Å². The van der Waals surface area contributed by atoms with E-state index in [0.29, 0.717) is 12.1 Å². The Morgan fingerprint density at radius 3 is 2.82 bits per heavy atom. The number of nitrogens with two attached hydrogens (primary N) is 1. The summed E-state index contributed by atoms with van der Waals surface area (Å²) in [5, 5.41) is 0. The van der Waals surface area contributed by atoms with Crippen LogP contribution in [0.1, 0.15) is 38.6 Å². The molecule has 1 saturated carbocycles. The molecule has 1 aromatic carbocycles. The zero-order valence-corrected chi connectivity index (χ0v) is 12.6. The van der Waals surface area contributed by atoms with Crippen LogP contribution in [-0.2, 0) is 9.53 Å². The number of hydrogen-bond acceptors (Lipinski definition) is 4. The van der Waals surface area contributed by atoms with Crippen LogP contribution < -0.4 is 5.73 Å². The normalized spacial score (nSPS) is 21.9. The molecule has 5 nitrogen and oxygen atoms in total. The van der Waals surface area contributed by atoms with Gasteiger partial charge in [-0.2, -0.15) is 0 Å². The summed E-state index contributed by atoms with van der Waals surface area (Å²) < 4.78 is 20.6. The maximum Gasteiger partial charge on any atom is 0.308 e. The molecule has 1 fully saturated rings. The molecule has 0 radical (unpaired) electrons. The minimum absolute atomic E-state index is 0.00602. The minimum atomic E-state index is -0.441. The number of nitrogen functional groups attached to an aromatic ring is 1. The third kappa shape index (κ3) is 2.53. The molecule has 0 atom stereocenters. The van der Waals surface area contributed by atoms with Crippen LogP contribution in [0.25, 0.3) is 11.0 Å². The maximum atomic E-state index is 13.5. The molecule has 118 valence electrons. The topological polar surface area (TPSA) is 70.1 Å². The number of imidazole rings is 1. The Kier molecular flexibility index (Phi) is 4.00. The number of ether oxygens (including phenoxy) is 1. The van der Waals surface area contributed by atoms with E-state index >= 15 is 0 Å². The zero-order chi connectivity index (χ0) is 15.7. The van der Waals surface area contributed by atoms with Gasteiger partial charge in [0.2, 0.25) is 0 Å². The van der Waals surface area contributed by atoms with E-state index in [4.69, 9.17) is 10.5 Å². The molecule has 22 heavy (non-hydrogen) atoms. The summed E-state index contributed by atoms with van der Waals surface area (Å²) in [7, 11) is 0. The van der Waals surface area contributed by atoms with Crippen LogP contribution in [0.5, 0.6) is 0 Å². The van der Waals surface area contributed by atoms with E-state index in [0.717, 1.165) is 31.2 Å². The molecule has 0 spiro atoms. The van der Waals surface area contributed by atoms with Crippen LogP contribution in [0.3, 0.4) is 0 Å². The average molecular weight is 305 g/mol. The summed E-state index contributed by atoms with van der Waals surface area (Å²) in [6.07, 6.45) is 5.09. The number of fused-ring (bicyclic) bond motifs is 1. The summed E-state index contributed by atoms with van der Waals surface area (Å²) >= 11 is 0. The number of carbonyl (C=O) groups is 1. The molecule has 2 N–H and O–H groups in total. The van der Waals surface area contributed by atoms with Gasteiger partial charge >= 0.3 is 5.97 Å². The fourth-order valence-corrected chi connectivity index (χ4v) is 3.24. The number of aromatic nitrogens is 2. The standard InChI is InChI=1S/C16H20FN3O2/c1-2-22-16(21)10-3-5-11(6-4-10)20-9-19-15-13(20)8-7-12(17)14(15)18/h7-11H,2-6,18H2,1H3. The fraction of sp³-hybridized carbons (Fsp3) is 0.500. The fourth-order valence-electron chi connectivity index (χ4n) is 3.24. The van der Waals surface area contributed by atoms with Gasteiger partial charge < -0.3 is 15.0 Å². The Morgan fingerprint density at radius 1 is 1.41 bits per heavy atom. The highest BCUT2D eigenvalue weighted by molar-refractivity contribution is 5.87. The first kappa shape index (κ1) is 14.8. The molecule has 1 aliphatic carbocycles. The average Bonchev–Trinajstić information content (AvgIpc) is 2.96. The number of carbonyl (C=O) groups excluding carboxylic acids is 1. The molecule has 1 aromatic heterocycles. The molecule has 2 aromatic rings. The Bertz CT molecular complexity index is 690. The van der Waals surface area contributed by atoms with Crippen molar-refractivity contribution in [3.05, 3.63) is 24.3 Å². The monoisotopic (exact) mass is 305 g/mol. The Balaban J connectivity index is 1.77. The van der Waals surface area contributed by atoms with Gasteiger partial charge in [0.15, 0.2) is 0 Å². The lowest BCUT2D eigenvalue weighted by Crippen LogP contribution is -2.25. The Morgan fingerprint density at radius 2 is 2.14 bits per heavy atom. The van der Waals surface area contributed by atoms with Crippen LogP contribution in [0.15, 0.2) is 18.5 Å². The van der Waals surface area contributed by atoms with Gasteiger partial charge in [-0.15, -0.1) is 0 Å².